The molecule has 2 aromatic rings. The molecule has 26 heteroatoms. The minimum absolute atomic E-state index is 0.0220. The molecule has 1 aliphatic carbocycles. The van der Waals surface area contributed by atoms with E-state index in [-0.39, 0.29) is 98.0 Å². The lowest BCUT2D eigenvalue weighted by atomic mass is 9.81. The Morgan fingerprint density at radius 1 is 0.400 bits per heavy atom. The molecule has 0 radical (unpaired) electrons. The minimum atomic E-state index is -1.25. The van der Waals surface area contributed by atoms with Crippen LogP contribution in [0.25, 0.3) is 0 Å². The first-order valence-electron chi connectivity index (χ1n) is 26.9. The number of carbonyl (C=O) groups excluding carboxylic acids is 10. The van der Waals surface area contributed by atoms with E-state index in [0.29, 0.717) is 0 Å². The summed E-state index contributed by atoms with van der Waals surface area (Å²) in [6.07, 6.45) is 0.792. The van der Waals surface area contributed by atoms with Crippen molar-refractivity contribution in [3.05, 3.63) is 46.5 Å². The monoisotopic (exact) mass is 1120 g/mol. The Morgan fingerprint density at radius 2 is 0.688 bits per heavy atom. The summed E-state index contributed by atoms with van der Waals surface area (Å²) in [6, 6.07) is -3.88. The number of rotatable bonds is 32. The number of aliphatic hydroxyl groups excluding tert-OH is 2. The van der Waals surface area contributed by atoms with Crippen LogP contribution in [0.1, 0.15) is 127 Å². The van der Waals surface area contributed by atoms with Crippen molar-refractivity contribution in [3.8, 4) is 11.5 Å². The normalized spacial score (nSPS) is 15.0. The highest BCUT2D eigenvalue weighted by molar-refractivity contribution is 6.33. The van der Waals surface area contributed by atoms with Gasteiger partial charge in [-0.2, -0.15) is 0 Å². The average Bonchev–Trinajstić information content (AvgIpc) is 3.38. The smallest absolute Gasteiger partial charge is 0.243 e. The van der Waals surface area contributed by atoms with Gasteiger partial charge in [0.05, 0.1) is 35.5 Å². The number of hydrogen-bond donors (Lipinski definition) is 16. The van der Waals surface area contributed by atoms with Gasteiger partial charge < -0.3 is 85.1 Å². The largest absolute Gasteiger partial charge is 0.507 e. The zero-order chi connectivity index (χ0) is 60.3. The van der Waals surface area contributed by atoms with Crippen molar-refractivity contribution in [2.24, 2.45) is 35.1 Å². The second-order valence-electron chi connectivity index (χ2n) is 21.7. The molecule has 444 valence electrons. The number of carbonyl (C=O) groups is 10. The van der Waals surface area contributed by atoms with Gasteiger partial charge in [-0.3, -0.25) is 47.9 Å². The Balaban J connectivity index is 1.79. The molecule has 80 heavy (non-hydrogen) atoms. The van der Waals surface area contributed by atoms with Crippen LogP contribution in [0, 0.1) is 23.7 Å². The highest BCUT2D eigenvalue weighted by Gasteiger charge is 2.39. The Hall–Kier alpha value is -7.42. The van der Waals surface area contributed by atoms with Gasteiger partial charge in [-0.15, -0.1) is 0 Å². The Bertz CT molecular complexity index is 2390. The number of amides is 8. The summed E-state index contributed by atoms with van der Waals surface area (Å²) in [5, 5.41) is 67.2. The quantitative estimate of drug-likeness (QED) is 0.0255. The van der Waals surface area contributed by atoms with Crippen LogP contribution in [0.5, 0.6) is 11.5 Å². The van der Waals surface area contributed by atoms with Gasteiger partial charge in [0.25, 0.3) is 0 Å². The molecule has 8 amide bonds. The van der Waals surface area contributed by atoms with E-state index in [0.717, 1.165) is 12.1 Å². The number of ketones is 2. The molecular weight excluding hydrogens is 1040 g/mol. The highest BCUT2D eigenvalue weighted by Crippen LogP contribution is 2.42. The Kier molecular flexibility index (Phi) is 26.2. The maximum Gasteiger partial charge on any atom is 0.243 e. The van der Waals surface area contributed by atoms with E-state index in [1.807, 2.05) is 55.4 Å². The fraction of sp³-hybridized carbons (Fsp3) is 0.593. The number of aliphatic hydroxyl groups is 2. The molecule has 0 aromatic heterocycles. The predicted octanol–water partition coefficient (Wildman–Crippen LogP) is -1.30. The zero-order valence-corrected chi connectivity index (χ0v) is 47.3. The van der Waals surface area contributed by atoms with Crippen LogP contribution in [0.15, 0.2) is 24.3 Å². The number of fused-ring (bicyclic) bond motifs is 2. The van der Waals surface area contributed by atoms with E-state index in [1.165, 1.54) is 26.0 Å². The van der Waals surface area contributed by atoms with E-state index in [9.17, 15) is 68.4 Å². The van der Waals surface area contributed by atoms with Gasteiger partial charge in [-0.05, 0) is 87.5 Å². The van der Waals surface area contributed by atoms with Crippen molar-refractivity contribution >= 4 is 70.2 Å². The number of benzene rings is 2. The van der Waals surface area contributed by atoms with Gasteiger partial charge >= 0.3 is 0 Å². The fourth-order valence-electron chi connectivity index (χ4n) is 8.56. The Labute approximate surface area is 466 Å². The summed E-state index contributed by atoms with van der Waals surface area (Å²) in [7, 11) is 0. The maximum atomic E-state index is 14.3. The second kappa shape index (κ2) is 31.4. The van der Waals surface area contributed by atoms with Gasteiger partial charge in [0.15, 0.2) is 0 Å². The van der Waals surface area contributed by atoms with Gasteiger partial charge in [-0.25, -0.2) is 0 Å². The van der Waals surface area contributed by atoms with Crippen LogP contribution < -0.4 is 64.6 Å². The molecule has 18 N–H and O–H groups in total. The molecule has 26 nitrogen and oxygen atoms in total. The minimum Gasteiger partial charge on any atom is -0.507 e. The lowest BCUT2D eigenvalue weighted by Gasteiger charge is -2.27. The first kappa shape index (κ1) is 66.9. The molecule has 0 fully saturated rings. The van der Waals surface area contributed by atoms with Gasteiger partial charge in [0, 0.05) is 37.6 Å². The molecule has 0 heterocycles. The molecule has 2 aromatic carbocycles. The summed E-state index contributed by atoms with van der Waals surface area (Å²) >= 11 is 0. The van der Waals surface area contributed by atoms with Crippen LogP contribution >= 0.6 is 0 Å². The fourth-order valence-corrected chi connectivity index (χ4v) is 8.56. The SMILES string of the molecule is CC(C)C[C@H](NC(=O)[C@H](C)NC(=O)[C@@H](N)CO)C(=O)N[C@@H](CC(C)C)C(=O)NCCNc1ccc(NCCNC(=O)[C@H](CC(C)C)NC(=O)[C@H](CC(C)C)NC(=O)[C@H](C)NC(=O)[C@@H](N)CO)c2c1C(=O)c1c(O)ccc(O)c1C2=O. The lowest BCUT2D eigenvalue weighted by Crippen LogP contribution is -2.57. The summed E-state index contributed by atoms with van der Waals surface area (Å²) in [4.78, 5) is 134. The second-order valence-corrected chi connectivity index (χ2v) is 21.7. The molecule has 0 unspecified atom stereocenters. The maximum absolute atomic E-state index is 14.3. The van der Waals surface area contributed by atoms with E-state index >= 15 is 0 Å². The number of aromatic hydroxyl groups is 2. The van der Waals surface area contributed by atoms with Crippen molar-refractivity contribution in [3.63, 3.8) is 0 Å². The molecule has 0 aliphatic heterocycles. The van der Waals surface area contributed by atoms with Crippen molar-refractivity contribution in [2.75, 3.05) is 50.0 Å². The van der Waals surface area contributed by atoms with Gasteiger partial charge in [0.2, 0.25) is 58.8 Å². The van der Waals surface area contributed by atoms with Crippen LogP contribution in [-0.4, -0.2) is 167 Å². The zero-order valence-electron chi connectivity index (χ0n) is 47.3. The molecule has 3 rings (SSSR count). The first-order valence-corrected chi connectivity index (χ1v) is 26.9. The molecule has 0 bridgehead atoms. The summed E-state index contributed by atoms with van der Waals surface area (Å²) in [5.74, 6) is -8.34. The van der Waals surface area contributed by atoms with E-state index in [1.54, 1.807) is 0 Å². The lowest BCUT2D eigenvalue weighted by molar-refractivity contribution is -0.134. The van der Waals surface area contributed by atoms with E-state index in [4.69, 9.17) is 11.5 Å². The van der Waals surface area contributed by atoms with Crippen LogP contribution in [0.3, 0.4) is 0 Å². The standard InChI is InChI=1S/C54H84N12O14/c1-25(2)19-35(65-53(79)37(21-27(5)6)63-47(73)29(9)61-49(75)31(55)23-67)51(77)59-17-15-57-33-11-12-34(42-41(33)45(71)43-39(69)13-14-40(70)44(43)46(42)72)58-16-18-60-52(78)36(20-26(3)4)66-54(80)38(22-28(7)8)64-48(74)30(10)62-50(76)32(56)24-68/h11-14,25-32,35-38,57-58,67-70H,15-24,55-56H2,1-10H3,(H,59,77)(H,60,78)(H,61,75)(H,62,76)(H,63,73)(H,64,74)(H,65,79)(H,66,80)/t29-,30-,31-,32-,35-,36-,37-,38-/m0/s1. The molecular formula is C54H84N12O14. The number of phenolic OH excluding ortho intramolecular Hbond substituents is 2. The van der Waals surface area contributed by atoms with Crippen LogP contribution in [0.4, 0.5) is 11.4 Å². The average molecular weight is 1130 g/mol. The number of hydrogen-bond acceptors (Lipinski definition) is 18. The molecule has 0 spiro atoms. The van der Waals surface area contributed by atoms with E-state index < -0.39 is 143 Å². The predicted molar refractivity (Wildman–Crippen MR) is 297 cm³/mol. The third-order valence-electron chi connectivity index (χ3n) is 12.7. The van der Waals surface area contributed by atoms with E-state index in [2.05, 4.69) is 53.2 Å². The molecule has 0 saturated carbocycles. The third-order valence-corrected chi connectivity index (χ3v) is 12.7. The van der Waals surface area contributed by atoms with Crippen LogP contribution in [-0.2, 0) is 38.4 Å². The first-order chi connectivity index (χ1) is 37.5. The van der Waals surface area contributed by atoms with Crippen molar-refractivity contribution in [1.29, 1.82) is 0 Å². The summed E-state index contributed by atoms with van der Waals surface area (Å²) in [6.45, 7) is 16.1. The topological polar surface area (TPSA) is 424 Å². The van der Waals surface area contributed by atoms with Crippen molar-refractivity contribution in [1.82, 2.24) is 42.5 Å². The number of phenols is 2. The van der Waals surface area contributed by atoms with Crippen molar-refractivity contribution in [2.45, 2.75) is 143 Å². The van der Waals surface area contributed by atoms with Gasteiger partial charge in [0.1, 0.15) is 59.8 Å². The molecule has 0 saturated heterocycles. The molecule has 8 atom stereocenters. The third kappa shape index (κ3) is 19.4. The van der Waals surface area contributed by atoms with Crippen molar-refractivity contribution < 1.29 is 68.4 Å². The van der Waals surface area contributed by atoms with Crippen LogP contribution in [0.2, 0.25) is 0 Å². The Morgan fingerprint density at radius 3 is 0.975 bits per heavy atom. The van der Waals surface area contributed by atoms with Gasteiger partial charge in [-0.1, -0.05) is 55.4 Å². The highest BCUT2D eigenvalue weighted by atomic mass is 16.3. The number of nitrogens with one attached hydrogen (secondary N) is 10. The number of nitrogens with two attached hydrogens (primary N) is 2. The summed E-state index contributed by atoms with van der Waals surface area (Å²) < 4.78 is 0. The number of anilines is 2. The summed E-state index contributed by atoms with van der Waals surface area (Å²) in [5.41, 5.74) is 10.2. The molecule has 1 aliphatic rings.